The molecule has 3 rings (SSSR count). The lowest BCUT2D eigenvalue weighted by Crippen LogP contribution is -2.18. The van der Waals surface area contributed by atoms with Gasteiger partial charge in [0.15, 0.2) is 5.69 Å². The molecule has 110 valence electrons. The Balaban J connectivity index is 1.71. The van der Waals surface area contributed by atoms with E-state index in [1.54, 1.807) is 29.8 Å². The molecule has 1 saturated carbocycles. The highest BCUT2D eigenvalue weighted by atomic mass is 35.5. The predicted molar refractivity (Wildman–Crippen MR) is 87.4 cm³/mol. The van der Waals surface area contributed by atoms with Gasteiger partial charge in [0, 0.05) is 16.8 Å². The maximum Gasteiger partial charge on any atom is 0.277 e. The number of nitrogens with zero attached hydrogens (tertiary/aromatic N) is 1. The fourth-order valence-electron chi connectivity index (χ4n) is 2.52. The summed E-state index contributed by atoms with van der Waals surface area (Å²) in [5, 5.41) is 7.71. The topological polar surface area (TPSA) is 54.0 Å². The van der Waals surface area contributed by atoms with Crippen molar-refractivity contribution in [2.45, 2.75) is 31.7 Å². The highest BCUT2D eigenvalue weighted by molar-refractivity contribution is 7.14. The monoisotopic (exact) mass is 321 g/mol. The fraction of sp³-hybridized carbons (Fsp3) is 0.333. The van der Waals surface area contributed by atoms with Crippen LogP contribution in [0.25, 0.3) is 0 Å². The molecule has 1 aliphatic rings. The molecule has 1 amide bonds. The molecule has 0 radical (unpaired) electrons. The van der Waals surface area contributed by atoms with Crippen LogP contribution in [0.1, 0.15) is 36.2 Å². The number of nitrogens with one attached hydrogen (secondary N) is 2. The lowest BCUT2D eigenvalue weighted by atomic mass is 10.2. The van der Waals surface area contributed by atoms with Crippen LogP contribution in [-0.2, 0) is 0 Å². The summed E-state index contributed by atoms with van der Waals surface area (Å²) in [7, 11) is 0. The molecule has 1 aliphatic carbocycles. The number of benzene rings is 1. The normalized spacial score (nSPS) is 15.1. The maximum absolute atomic E-state index is 12.3. The van der Waals surface area contributed by atoms with E-state index in [0.29, 0.717) is 22.4 Å². The molecule has 1 fully saturated rings. The van der Waals surface area contributed by atoms with Crippen molar-refractivity contribution in [3.05, 3.63) is 40.5 Å². The van der Waals surface area contributed by atoms with Gasteiger partial charge in [-0.3, -0.25) is 4.79 Å². The molecule has 0 bridgehead atoms. The molecule has 1 aromatic carbocycles. The lowest BCUT2D eigenvalue weighted by molar-refractivity contribution is 0.102. The fourth-order valence-corrected chi connectivity index (χ4v) is 3.47. The zero-order valence-electron chi connectivity index (χ0n) is 11.4. The minimum Gasteiger partial charge on any atom is -0.372 e. The number of halogens is 1. The first kappa shape index (κ1) is 14.4. The van der Waals surface area contributed by atoms with Crippen LogP contribution >= 0.6 is 22.9 Å². The van der Waals surface area contributed by atoms with E-state index in [1.807, 2.05) is 0 Å². The van der Waals surface area contributed by atoms with Crippen molar-refractivity contribution in [3.8, 4) is 0 Å². The van der Waals surface area contributed by atoms with Crippen LogP contribution in [0.15, 0.2) is 29.8 Å². The average Bonchev–Trinajstić information content (AvgIpc) is 3.10. The van der Waals surface area contributed by atoms with Gasteiger partial charge >= 0.3 is 0 Å². The summed E-state index contributed by atoms with van der Waals surface area (Å²) in [6.45, 7) is 0. The quantitative estimate of drug-likeness (QED) is 0.877. The maximum atomic E-state index is 12.3. The Hall–Kier alpha value is -1.59. The molecule has 1 aromatic heterocycles. The van der Waals surface area contributed by atoms with Crippen molar-refractivity contribution in [2.24, 2.45) is 0 Å². The molecule has 0 aliphatic heterocycles. The Morgan fingerprint density at radius 2 is 2.14 bits per heavy atom. The smallest absolute Gasteiger partial charge is 0.277 e. The van der Waals surface area contributed by atoms with E-state index < -0.39 is 0 Å². The van der Waals surface area contributed by atoms with Crippen LogP contribution in [0.2, 0.25) is 5.02 Å². The second-order valence-corrected chi connectivity index (χ2v) is 6.41. The number of amides is 1. The summed E-state index contributed by atoms with van der Waals surface area (Å²) in [5.41, 5.74) is 2.82. The van der Waals surface area contributed by atoms with Gasteiger partial charge in [-0.25, -0.2) is 4.98 Å². The Morgan fingerprint density at radius 3 is 2.90 bits per heavy atom. The van der Waals surface area contributed by atoms with Gasteiger partial charge in [-0.05, 0) is 31.0 Å². The number of hydrogen-bond acceptors (Lipinski definition) is 4. The zero-order valence-corrected chi connectivity index (χ0v) is 13.0. The molecular weight excluding hydrogens is 306 g/mol. The standard InChI is InChI=1S/C15H16ClN3OS/c16-10-4-3-7-12(8-10)18-14(20)13-15(21-9-17-13)19-11-5-1-2-6-11/h3-4,7-9,11,19H,1-2,5-6H2,(H,18,20). The molecule has 0 spiro atoms. The molecule has 6 heteroatoms. The molecule has 2 aromatic rings. The Labute approximate surface area is 132 Å². The van der Waals surface area contributed by atoms with Gasteiger partial charge in [-0.15, -0.1) is 11.3 Å². The van der Waals surface area contributed by atoms with E-state index >= 15 is 0 Å². The van der Waals surface area contributed by atoms with Crippen LogP contribution in [-0.4, -0.2) is 16.9 Å². The highest BCUT2D eigenvalue weighted by Gasteiger charge is 2.20. The number of carbonyl (C=O) groups is 1. The summed E-state index contributed by atoms with van der Waals surface area (Å²) >= 11 is 7.39. The first-order valence-corrected chi connectivity index (χ1v) is 8.25. The predicted octanol–water partition coefficient (Wildman–Crippen LogP) is 4.40. The minimum absolute atomic E-state index is 0.209. The van der Waals surface area contributed by atoms with E-state index in [0.717, 1.165) is 17.8 Å². The van der Waals surface area contributed by atoms with Gasteiger partial charge in [0.2, 0.25) is 0 Å². The van der Waals surface area contributed by atoms with Crippen LogP contribution < -0.4 is 10.6 Å². The van der Waals surface area contributed by atoms with Crippen LogP contribution in [0.5, 0.6) is 0 Å². The van der Waals surface area contributed by atoms with Gasteiger partial charge in [0.1, 0.15) is 5.00 Å². The zero-order chi connectivity index (χ0) is 14.7. The first-order valence-electron chi connectivity index (χ1n) is 6.99. The second-order valence-electron chi connectivity index (χ2n) is 5.12. The molecule has 4 nitrogen and oxygen atoms in total. The van der Waals surface area contributed by atoms with Crippen molar-refractivity contribution in [2.75, 3.05) is 10.6 Å². The summed E-state index contributed by atoms with van der Waals surface area (Å²) in [4.78, 5) is 16.5. The third-order valence-electron chi connectivity index (χ3n) is 3.56. The minimum atomic E-state index is -0.209. The third-order valence-corrected chi connectivity index (χ3v) is 4.55. The van der Waals surface area contributed by atoms with Gasteiger partial charge in [0.25, 0.3) is 5.91 Å². The summed E-state index contributed by atoms with van der Waals surface area (Å²) < 4.78 is 0. The molecule has 0 atom stereocenters. The van der Waals surface area contributed by atoms with Crippen LogP contribution in [0.3, 0.4) is 0 Å². The van der Waals surface area contributed by atoms with Crippen LogP contribution in [0, 0.1) is 0 Å². The van der Waals surface area contributed by atoms with Gasteiger partial charge < -0.3 is 10.6 Å². The van der Waals surface area contributed by atoms with Gasteiger partial charge in [-0.1, -0.05) is 30.5 Å². The van der Waals surface area contributed by atoms with Crippen LogP contribution in [0.4, 0.5) is 10.7 Å². The van der Waals surface area contributed by atoms with E-state index in [4.69, 9.17) is 11.6 Å². The molecule has 0 unspecified atom stereocenters. The van der Waals surface area contributed by atoms with Gasteiger partial charge in [-0.2, -0.15) is 0 Å². The molecule has 0 saturated heterocycles. The number of hydrogen-bond donors (Lipinski definition) is 2. The van der Waals surface area contributed by atoms with Crippen molar-refractivity contribution < 1.29 is 4.79 Å². The number of thiazole rings is 1. The SMILES string of the molecule is O=C(Nc1cccc(Cl)c1)c1ncsc1NC1CCCC1. The number of carbonyl (C=O) groups excluding carboxylic acids is 1. The highest BCUT2D eigenvalue weighted by Crippen LogP contribution is 2.27. The largest absolute Gasteiger partial charge is 0.372 e. The lowest BCUT2D eigenvalue weighted by Gasteiger charge is -2.12. The molecular formula is C15H16ClN3OS. The Morgan fingerprint density at radius 1 is 1.33 bits per heavy atom. The first-order chi connectivity index (χ1) is 10.2. The van der Waals surface area contributed by atoms with Crippen molar-refractivity contribution >= 4 is 39.5 Å². The second kappa shape index (κ2) is 6.45. The summed E-state index contributed by atoms with van der Waals surface area (Å²) in [6, 6.07) is 7.56. The van der Waals surface area contributed by atoms with E-state index in [-0.39, 0.29) is 5.91 Å². The van der Waals surface area contributed by atoms with Gasteiger partial charge in [0.05, 0.1) is 5.51 Å². The number of aromatic nitrogens is 1. The summed E-state index contributed by atoms with van der Waals surface area (Å²) in [6.07, 6.45) is 4.82. The molecule has 1 heterocycles. The number of anilines is 2. The Bertz CT molecular complexity index is 637. The molecule has 2 N–H and O–H groups in total. The van der Waals surface area contributed by atoms with Crippen molar-refractivity contribution in [3.63, 3.8) is 0 Å². The van der Waals surface area contributed by atoms with E-state index in [9.17, 15) is 4.79 Å². The summed E-state index contributed by atoms with van der Waals surface area (Å²) in [5.74, 6) is -0.209. The Kier molecular flexibility index (Phi) is 4.41. The number of rotatable bonds is 4. The van der Waals surface area contributed by atoms with Crippen molar-refractivity contribution in [1.82, 2.24) is 4.98 Å². The molecule has 21 heavy (non-hydrogen) atoms. The van der Waals surface area contributed by atoms with E-state index in [1.165, 1.54) is 24.2 Å². The van der Waals surface area contributed by atoms with E-state index in [2.05, 4.69) is 15.6 Å². The third kappa shape index (κ3) is 3.54. The average molecular weight is 322 g/mol. The van der Waals surface area contributed by atoms with Crippen molar-refractivity contribution in [1.29, 1.82) is 0 Å².